The minimum absolute atomic E-state index is 0.317. The van der Waals surface area contributed by atoms with Gasteiger partial charge in [-0.2, -0.15) is 0 Å². The summed E-state index contributed by atoms with van der Waals surface area (Å²) in [7, 11) is 0. The second-order valence-electron chi connectivity index (χ2n) is 4.25. The fraction of sp³-hybridized carbons (Fsp3) is 0. The molecule has 0 aliphatic rings. The molecule has 2 aromatic carbocycles. The summed E-state index contributed by atoms with van der Waals surface area (Å²) >= 11 is 9.30. The Morgan fingerprint density at radius 1 is 0.905 bits per heavy atom. The first kappa shape index (κ1) is 14.0. The van der Waals surface area contributed by atoms with E-state index in [4.69, 9.17) is 16.3 Å². The third-order valence-corrected chi connectivity index (χ3v) is 4.12. The van der Waals surface area contributed by atoms with Crippen molar-refractivity contribution in [1.82, 2.24) is 9.97 Å². The Morgan fingerprint density at radius 2 is 1.62 bits per heavy atom. The van der Waals surface area contributed by atoms with E-state index in [2.05, 4.69) is 25.9 Å². The smallest absolute Gasteiger partial charge is 0.238 e. The maximum absolute atomic E-state index is 5.96. The van der Waals surface area contributed by atoms with E-state index < -0.39 is 0 Å². The van der Waals surface area contributed by atoms with Crippen molar-refractivity contribution in [3.63, 3.8) is 0 Å². The van der Waals surface area contributed by atoms with E-state index in [0.29, 0.717) is 21.3 Å². The lowest BCUT2D eigenvalue weighted by Crippen LogP contribution is -1.93. The van der Waals surface area contributed by atoms with Gasteiger partial charge in [-0.25, -0.2) is 9.97 Å². The highest BCUT2D eigenvalue weighted by atomic mass is 79.9. The van der Waals surface area contributed by atoms with E-state index in [9.17, 15) is 0 Å². The van der Waals surface area contributed by atoms with Gasteiger partial charge in [0.1, 0.15) is 16.5 Å². The molecule has 104 valence electrons. The van der Waals surface area contributed by atoms with Gasteiger partial charge in [-0.15, -0.1) is 0 Å². The highest BCUT2D eigenvalue weighted by molar-refractivity contribution is 9.10. The first-order valence-electron chi connectivity index (χ1n) is 6.24. The van der Waals surface area contributed by atoms with Gasteiger partial charge in [-0.3, -0.25) is 0 Å². The van der Waals surface area contributed by atoms with Crippen molar-refractivity contribution in [2.45, 2.75) is 0 Å². The van der Waals surface area contributed by atoms with Gasteiger partial charge < -0.3 is 4.74 Å². The van der Waals surface area contributed by atoms with Crippen LogP contribution in [0.15, 0.2) is 65.4 Å². The number of rotatable bonds is 3. The molecule has 0 fully saturated rings. The van der Waals surface area contributed by atoms with Crippen molar-refractivity contribution in [1.29, 1.82) is 0 Å². The van der Waals surface area contributed by atoms with Crippen LogP contribution in [0.3, 0.4) is 0 Å². The average Bonchev–Trinajstić information content (AvgIpc) is 2.53. The first-order chi connectivity index (χ1) is 10.3. The van der Waals surface area contributed by atoms with Crippen LogP contribution < -0.4 is 4.74 Å². The lowest BCUT2D eigenvalue weighted by atomic mass is 10.1. The van der Waals surface area contributed by atoms with Crippen LogP contribution in [0.1, 0.15) is 0 Å². The molecule has 1 aromatic heterocycles. The molecule has 3 rings (SSSR count). The molecule has 0 saturated heterocycles. The fourth-order valence-corrected chi connectivity index (χ4v) is 2.33. The van der Waals surface area contributed by atoms with Crippen molar-refractivity contribution < 1.29 is 4.74 Å². The molecule has 0 atom stereocenters. The topological polar surface area (TPSA) is 35.0 Å². The second kappa shape index (κ2) is 6.24. The number of benzene rings is 2. The van der Waals surface area contributed by atoms with Gasteiger partial charge in [-0.05, 0) is 27.6 Å². The Labute approximate surface area is 135 Å². The zero-order valence-corrected chi connectivity index (χ0v) is 13.2. The SMILES string of the molecule is Clc1ncnc(Oc2ccccc2-c2ccccc2)c1Br. The van der Waals surface area contributed by atoms with Crippen LogP contribution in [0.2, 0.25) is 5.15 Å². The van der Waals surface area contributed by atoms with Crippen molar-refractivity contribution in [2.24, 2.45) is 0 Å². The maximum atomic E-state index is 5.96. The molecule has 1 heterocycles. The van der Waals surface area contributed by atoms with Gasteiger partial charge >= 0.3 is 0 Å². The predicted octanol–water partition coefficient (Wildman–Crippen LogP) is 5.35. The molecule has 3 nitrogen and oxygen atoms in total. The summed E-state index contributed by atoms with van der Waals surface area (Å²) in [5, 5.41) is 0.317. The zero-order chi connectivity index (χ0) is 14.7. The predicted molar refractivity (Wildman–Crippen MR) is 86.7 cm³/mol. The Bertz CT molecular complexity index is 765. The van der Waals surface area contributed by atoms with Crippen molar-refractivity contribution >= 4 is 27.5 Å². The molecule has 0 radical (unpaired) electrons. The summed E-state index contributed by atoms with van der Waals surface area (Å²) in [5.74, 6) is 1.09. The molecule has 0 amide bonds. The lowest BCUT2D eigenvalue weighted by molar-refractivity contribution is 0.460. The van der Waals surface area contributed by atoms with E-state index in [1.54, 1.807) is 0 Å². The Balaban J connectivity index is 2.02. The van der Waals surface area contributed by atoms with Gasteiger partial charge in [0.2, 0.25) is 5.88 Å². The molecule has 0 saturated carbocycles. The number of halogens is 2. The van der Waals surface area contributed by atoms with E-state index in [1.807, 2.05) is 54.6 Å². The van der Waals surface area contributed by atoms with Crippen LogP contribution in [-0.2, 0) is 0 Å². The van der Waals surface area contributed by atoms with Crippen molar-refractivity contribution in [2.75, 3.05) is 0 Å². The Morgan fingerprint density at radius 3 is 2.43 bits per heavy atom. The molecule has 0 aliphatic heterocycles. The van der Waals surface area contributed by atoms with Crippen LogP contribution in [0.5, 0.6) is 11.6 Å². The monoisotopic (exact) mass is 360 g/mol. The molecular weight excluding hydrogens is 352 g/mol. The molecule has 5 heteroatoms. The van der Waals surface area contributed by atoms with E-state index in [0.717, 1.165) is 11.1 Å². The maximum Gasteiger partial charge on any atom is 0.238 e. The Hall–Kier alpha value is -1.91. The summed E-state index contributed by atoms with van der Waals surface area (Å²) in [6, 6.07) is 17.8. The van der Waals surface area contributed by atoms with Gasteiger partial charge in [0.25, 0.3) is 0 Å². The summed E-state index contributed by atoms with van der Waals surface area (Å²) in [6.07, 6.45) is 1.37. The number of hydrogen-bond donors (Lipinski definition) is 0. The normalized spacial score (nSPS) is 10.4. The minimum Gasteiger partial charge on any atom is -0.437 e. The van der Waals surface area contributed by atoms with Crippen LogP contribution in [0.25, 0.3) is 11.1 Å². The van der Waals surface area contributed by atoms with Gasteiger partial charge in [0.15, 0.2) is 5.15 Å². The van der Waals surface area contributed by atoms with Crippen LogP contribution in [0, 0.1) is 0 Å². The molecule has 0 bridgehead atoms. The summed E-state index contributed by atoms with van der Waals surface area (Å²) < 4.78 is 6.43. The molecule has 0 N–H and O–H groups in total. The zero-order valence-electron chi connectivity index (χ0n) is 10.8. The minimum atomic E-state index is 0.317. The van der Waals surface area contributed by atoms with E-state index >= 15 is 0 Å². The third kappa shape index (κ3) is 3.06. The second-order valence-corrected chi connectivity index (χ2v) is 5.40. The molecule has 21 heavy (non-hydrogen) atoms. The van der Waals surface area contributed by atoms with Gasteiger partial charge in [0.05, 0.1) is 0 Å². The van der Waals surface area contributed by atoms with Gasteiger partial charge in [0, 0.05) is 5.56 Å². The van der Waals surface area contributed by atoms with Crippen LogP contribution >= 0.6 is 27.5 Å². The quantitative estimate of drug-likeness (QED) is 0.590. The standard InChI is InChI=1S/C16H10BrClN2O/c17-14-15(18)19-10-20-16(14)21-13-9-5-4-8-12(13)11-6-2-1-3-7-11/h1-10H. The number of ether oxygens (including phenoxy) is 1. The molecule has 3 aromatic rings. The van der Waals surface area contributed by atoms with E-state index in [-0.39, 0.29) is 0 Å². The molecule has 0 aliphatic carbocycles. The number of para-hydroxylation sites is 1. The number of nitrogens with zero attached hydrogens (tertiary/aromatic N) is 2. The Kier molecular flexibility index (Phi) is 4.18. The highest BCUT2D eigenvalue weighted by Crippen LogP contribution is 2.36. The molecule has 0 unspecified atom stereocenters. The highest BCUT2D eigenvalue weighted by Gasteiger charge is 2.12. The van der Waals surface area contributed by atoms with Crippen molar-refractivity contribution in [3.8, 4) is 22.8 Å². The summed E-state index contributed by atoms with van der Waals surface area (Å²) in [4.78, 5) is 7.99. The average molecular weight is 362 g/mol. The van der Waals surface area contributed by atoms with Crippen LogP contribution in [0.4, 0.5) is 0 Å². The number of aromatic nitrogens is 2. The molecular formula is C16H10BrClN2O. The lowest BCUT2D eigenvalue weighted by Gasteiger charge is -2.11. The largest absolute Gasteiger partial charge is 0.437 e. The third-order valence-electron chi connectivity index (χ3n) is 2.89. The first-order valence-corrected chi connectivity index (χ1v) is 7.41. The number of hydrogen-bond acceptors (Lipinski definition) is 3. The fourth-order valence-electron chi connectivity index (χ4n) is 1.92. The van der Waals surface area contributed by atoms with Crippen LogP contribution in [-0.4, -0.2) is 9.97 Å². The van der Waals surface area contributed by atoms with E-state index in [1.165, 1.54) is 6.33 Å². The molecule has 0 spiro atoms. The van der Waals surface area contributed by atoms with Crippen molar-refractivity contribution in [3.05, 3.63) is 70.6 Å². The summed E-state index contributed by atoms with van der Waals surface area (Å²) in [6.45, 7) is 0. The summed E-state index contributed by atoms with van der Waals surface area (Å²) in [5.41, 5.74) is 2.06. The van der Waals surface area contributed by atoms with Gasteiger partial charge in [-0.1, -0.05) is 60.1 Å².